The van der Waals surface area contributed by atoms with Crippen LogP contribution in [0, 0.1) is 13.8 Å². The van der Waals surface area contributed by atoms with Gasteiger partial charge in [-0.05, 0) is 25.7 Å². The molecule has 0 bridgehead atoms. The van der Waals surface area contributed by atoms with E-state index in [-0.39, 0.29) is 6.10 Å². The van der Waals surface area contributed by atoms with E-state index in [9.17, 15) is 5.11 Å². The minimum absolute atomic E-state index is 0.325. The van der Waals surface area contributed by atoms with E-state index < -0.39 is 0 Å². The lowest BCUT2D eigenvalue weighted by Crippen LogP contribution is -2.00. The fraction of sp³-hybridized carbons (Fsp3) is 0.455. The largest absolute Gasteiger partial charge is 0.388 e. The van der Waals surface area contributed by atoms with Crippen molar-refractivity contribution in [1.29, 1.82) is 0 Å². The highest BCUT2D eigenvalue weighted by Gasteiger charge is 2.06. The van der Waals surface area contributed by atoms with Gasteiger partial charge in [0.15, 0.2) is 0 Å². The first-order valence-corrected chi connectivity index (χ1v) is 5.78. The van der Waals surface area contributed by atoms with Crippen LogP contribution in [0.25, 0.3) is 0 Å². The van der Waals surface area contributed by atoms with Crippen molar-refractivity contribution in [2.24, 2.45) is 0 Å². The minimum atomic E-state index is -0.325. The third-order valence-electron chi connectivity index (χ3n) is 1.95. The van der Waals surface area contributed by atoms with Crippen LogP contribution in [-0.4, -0.2) is 17.1 Å². The Morgan fingerprint density at radius 1 is 1.23 bits per heavy atom. The summed E-state index contributed by atoms with van der Waals surface area (Å²) in [6.07, 6.45) is 1.68. The van der Waals surface area contributed by atoms with E-state index >= 15 is 0 Å². The van der Waals surface area contributed by atoms with Crippen LogP contribution in [0.1, 0.15) is 22.8 Å². The van der Waals surface area contributed by atoms with Crippen molar-refractivity contribution in [1.82, 2.24) is 0 Å². The summed E-state index contributed by atoms with van der Waals surface area (Å²) in [5, 5.41) is 9.75. The summed E-state index contributed by atoms with van der Waals surface area (Å²) in [5.74, 6) is 0.767. The molecule has 0 aromatic heterocycles. The van der Waals surface area contributed by atoms with E-state index in [0.717, 1.165) is 11.3 Å². The molecule has 2 heteroatoms. The highest BCUT2D eigenvalue weighted by molar-refractivity contribution is 7.98. The number of aryl methyl sites for hydroxylation is 2. The summed E-state index contributed by atoms with van der Waals surface area (Å²) >= 11 is 1.67. The molecule has 1 rings (SSSR count). The number of aliphatic hydroxyl groups is 1. The van der Waals surface area contributed by atoms with Gasteiger partial charge in [-0.1, -0.05) is 29.3 Å². The fourth-order valence-corrected chi connectivity index (χ4v) is 1.96. The lowest BCUT2D eigenvalue weighted by Gasteiger charge is -2.11. The molecule has 1 aromatic carbocycles. The number of hydrogen-bond donors (Lipinski definition) is 1. The SMILES string of the molecule is CSCC(O)c1cc(C)cc(C)c1. The second-order valence-corrected chi connectivity index (χ2v) is 4.30. The van der Waals surface area contributed by atoms with Crippen LogP contribution in [0.15, 0.2) is 18.2 Å². The monoisotopic (exact) mass is 196 g/mol. The Kier molecular flexibility index (Phi) is 3.82. The van der Waals surface area contributed by atoms with Crippen LogP contribution >= 0.6 is 11.8 Å². The topological polar surface area (TPSA) is 20.2 Å². The molecule has 1 N–H and O–H groups in total. The van der Waals surface area contributed by atoms with E-state index in [4.69, 9.17) is 0 Å². The van der Waals surface area contributed by atoms with Gasteiger partial charge in [0.25, 0.3) is 0 Å². The zero-order chi connectivity index (χ0) is 9.84. The molecule has 0 spiro atoms. The molecule has 0 aliphatic heterocycles. The third-order valence-corrected chi connectivity index (χ3v) is 2.60. The number of aliphatic hydroxyl groups excluding tert-OH is 1. The molecule has 0 fully saturated rings. The summed E-state index contributed by atoms with van der Waals surface area (Å²) in [4.78, 5) is 0. The van der Waals surface area contributed by atoms with Crippen LogP contribution in [0.4, 0.5) is 0 Å². The van der Waals surface area contributed by atoms with Gasteiger partial charge in [-0.25, -0.2) is 0 Å². The van der Waals surface area contributed by atoms with Gasteiger partial charge in [0, 0.05) is 5.75 Å². The standard InChI is InChI=1S/C11H16OS/c1-8-4-9(2)6-10(5-8)11(12)7-13-3/h4-6,11-12H,7H2,1-3H3. The predicted molar refractivity (Wildman–Crippen MR) is 59.3 cm³/mol. The van der Waals surface area contributed by atoms with Crippen LogP contribution in [0.2, 0.25) is 0 Å². The molecule has 0 aliphatic rings. The third kappa shape index (κ3) is 3.05. The first-order chi connectivity index (χ1) is 6.13. The summed E-state index contributed by atoms with van der Waals surface area (Å²) in [5.41, 5.74) is 3.47. The Balaban J connectivity index is 2.87. The van der Waals surface area contributed by atoms with Crippen molar-refractivity contribution in [3.8, 4) is 0 Å². The lowest BCUT2D eigenvalue weighted by molar-refractivity contribution is 0.204. The molecule has 0 aliphatic carbocycles. The van der Waals surface area contributed by atoms with Crippen molar-refractivity contribution in [3.05, 3.63) is 34.9 Å². The molecule has 0 amide bonds. The Labute approximate surface area is 84.2 Å². The number of rotatable bonds is 3. The van der Waals surface area contributed by atoms with Crippen molar-refractivity contribution in [2.45, 2.75) is 20.0 Å². The maximum absolute atomic E-state index is 9.75. The van der Waals surface area contributed by atoms with Gasteiger partial charge in [0.05, 0.1) is 6.10 Å². The number of thioether (sulfide) groups is 1. The van der Waals surface area contributed by atoms with E-state index in [1.54, 1.807) is 11.8 Å². The molecule has 13 heavy (non-hydrogen) atoms. The maximum atomic E-state index is 9.75. The van der Waals surface area contributed by atoms with E-state index in [0.29, 0.717) is 0 Å². The van der Waals surface area contributed by atoms with Gasteiger partial charge in [-0.15, -0.1) is 0 Å². The molecule has 0 radical (unpaired) electrons. The molecule has 0 saturated heterocycles. The van der Waals surface area contributed by atoms with Gasteiger partial charge >= 0.3 is 0 Å². The number of hydrogen-bond acceptors (Lipinski definition) is 2. The molecular formula is C11H16OS. The summed E-state index contributed by atoms with van der Waals surface area (Å²) in [6.45, 7) is 4.12. The van der Waals surface area contributed by atoms with Gasteiger partial charge in [-0.2, -0.15) is 11.8 Å². The normalized spacial score (nSPS) is 12.9. The highest BCUT2D eigenvalue weighted by Crippen LogP contribution is 2.19. The molecule has 0 heterocycles. The van der Waals surface area contributed by atoms with E-state index in [2.05, 4.69) is 19.9 Å². The average molecular weight is 196 g/mol. The van der Waals surface area contributed by atoms with E-state index in [1.165, 1.54) is 11.1 Å². The van der Waals surface area contributed by atoms with Crippen molar-refractivity contribution in [3.63, 3.8) is 0 Å². The minimum Gasteiger partial charge on any atom is -0.388 e. The highest BCUT2D eigenvalue weighted by atomic mass is 32.2. The molecule has 1 unspecified atom stereocenters. The van der Waals surface area contributed by atoms with Gasteiger partial charge in [0.1, 0.15) is 0 Å². The van der Waals surface area contributed by atoms with Crippen molar-refractivity contribution in [2.75, 3.05) is 12.0 Å². The second kappa shape index (κ2) is 4.68. The van der Waals surface area contributed by atoms with Gasteiger partial charge in [-0.3, -0.25) is 0 Å². The Morgan fingerprint density at radius 2 is 1.77 bits per heavy atom. The molecular weight excluding hydrogens is 180 g/mol. The van der Waals surface area contributed by atoms with Crippen molar-refractivity contribution < 1.29 is 5.11 Å². The smallest absolute Gasteiger partial charge is 0.0880 e. The van der Waals surface area contributed by atoms with E-state index in [1.807, 2.05) is 18.4 Å². The van der Waals surface area contributed by atoms with Gasteiger partial charge in [0.2, 0.25) is 0 Å². The summed E-state index contributed by atoms with van der Waals surface area (Å²) in [7, 11) is 0. The zero-order valence-electron chi connectivity index (χ0n) is 8.37. The molecule has 1 nitrogen and oxygen atoms in total. The number of benzene rings is 1. The average Bonchev–Trinajstić information content (AvgIpc) is 2.03. The summed E-state index contributed by atoms with van der Waals surface area (Å²) < 4.78 is 0. The molecule has 72 valence electrons. The quantitative estimate of drug-likeness (QED) is 0.802. The van der Waals surface area contributed by atoms with Crippen molar-refractivity contribution >= 4 is 11.8 Å². The second-order valence-electron chi connectivity index (χ2n) is 3.39. The Hall–Kier alpha value is -0.470. The predicted octanol–water partition coefficient (Wildman–Crippen LogP) is 2.70. The first kappa shape index (κ1) is 10.6. The van der Waals surface area contributed by atoms with Gasteiger partial charge < -0.3 is 5.11 Å². The Morgan fingerprint density at radius 3 is 2.23 bits per heavy atom. The van der Waals surface area contributed by atoms with Crippen LogP contribution in [-0.2, 0) is 0 Å². The van der Waals surface area contributed by atoms with Crippen LogP contribution < -0.4 is 0 Å². The molecule has 1 atom stereocenters. The van der Waals surface area contributed by atoms with Crippen LogP contribution in [0.3, 0.4) is 0 Å². The molecule has 0 saturated carbocycles. The fourth-order valence-electron chi connectivity index (χ4n) is 1.46. The summed E-state index contributed by atoms with van der Waals surface area (Å²) in [6, 6.07) is 6.22. The lowest BCUT2D eigenvalue weighted by atomic mass is 10.0. The Bertz CT molecular complexity index is 263. The van der Waals surface area contributed by atoms with Crippen LogP contribution in [0.5, 0.6) is 0 Å². The zero-order valence-corrected chi connectivity index (χ0v) is 9.19. The maximum Gasteiger partial charge on any atom is 0.0880 e. The first-order valence-electron chi connectivity index (χ1n) is 4.38. The molecule has 1 aromatic rings.